The van der Waals surface area contributed by atoms with E-state index in [4.69, 9.17) is 41.6 Å². The van der Waals surface area contributed by atoms with Crippen molar-refractivity contribution < 1.29 is 26.8 Å². The van der Waals surface area contributed by atoms with E-state index >= 15 is 0 Å². The van der Waals surface area contributed by atoms with Crippen LogP contribution in [0, 0.1) is 0 Å². The average molecular weight is 531 g/mol. The fourth-order valence-corrected chi connectivity index (χ4v) is 5.06. The molecule has 188 valence electrons. The van der Waals surface area contributed by atoms with Gasteiger partial charge in [0.2, 0.25) is 0 Å². The second kappa shape index (κ2) is 11.7. The maximum absolute atomic E-state index is 12.1. The Bertz CT molecular complexity index is 1040. The first-order valence-electron chi connectivity index (χ1n) is 11.3. The largest absolute Gasteiger partial charge is 0.373 e. The van der Waals surface area contributed by atoms with Crippen molar-refractivity contribution in [3.05, 3.63) is 58.1 Å². The van der Waals surface area contributed by atoms with Gasteiger partial charge < -0.3 is 14.2 Å². The van der Waals surface area contributed by atoms with E-state index in [0.29, 0.717) is 29.7 Å². The van der Waals surface area contributed by atoms with E-state index < -0.39 is 34.2 Å². The molecule has 2 aromatic rings. The number of hydrogen-bond acceptors (Lipinski definition) is 6. The molecule has 0 amide bonds. The van der Waals surface area contributed by atoms with Gasteiger partial charge in [-0.25, -0.2) is 0 Å². The van der Waals surface area contributed by atoms with Gasteiger partial charge in [0, 0.05) is 23.1 Å². The molecule has 1 aliphatic rings. The van der Waals surface area contributed by atoms with Gasteiger partial charge in [0.25, 0.3) is 10.1 Å². The van der Waals surface area contributed by atoms with E-state index in [1.807, 2.05) is 50.2 Å². The van der Waals surface area contributed by atoms with Gasteiger partial charge in [-0.2, -0.15) is 8.42 Å². The zero-order valence-corrected chi connectivity index (χ0v) is 22.3. The highest BCUT2D eigenvalue weighted by atomic mass is 35.5. The van der Waals surface area contributed by atoms with Crippen molar-refractivity contribution in [1.29, 1.82) is 0 Å². The van der Waals surface area contributed by atoms with Gasteiger partial charge in [0.1, 0.15) is 18.3 Å². The van der Waals surface area contributed by atoms with E-state index in [1.165, 1.54) is 0 Å². The molecule has 0 aromatic heterocycles. The van der Waals surface area contributed by atoms with E-state index in [0.717, 1.165) is 35.8 Å². The molecule has 1 fully saturated rings. The molecule has 2 aromatic carbocycles. The SMILES string of the molecule is CCCCO[C@H]([C@@H]1COC(C)(C)O1)[C@@H](Cc1ccc(-c2cc(Cl)cc(Cl)c2)cc1)OS(C)(=O)=O. The lowest BCUT2D eigenvalue weighted by Crippen LogP contribution is -2.45. The van der Waals surface area contributed by atoms with Crippen LogP contribution in [-0.4, -0.2) is 52.0 Å². The summed E-state index contributed by atoms with van der Waals surface area (Å²) in [6, 6.07) is 13.1. The second-order valence-corrected chi connectivity index (χ2v) is 11.4. The number of ether oxygens (including phenoxy) is 3. The van der Waals surface area contributed by atoms with E-state index in [-0.39, 0.29) is 0 Å². The van der Waals surface area contributed by atoms with Crippen molar-refractivity contribution in [1.82, 2.24) is 0 Å². The highest BCUT2D eigenvalue weighted by Crippen LogP contribution is 2.31. The minimum absolute atomic E-state index is 0.294. The van der Waals surface area contributed by atoms with E-state index in [1.54, 1.807) is 6.07 Å². The molecule has 6 nitrogen and oxygen atoms in total. The minimum atomic E-state index is -3.74. The molecule has 1 saturated heterocycles. The fraction of sp³-hybridized carbons (Fsp3) is 0.520. The van der Waals surface area contributed by atoms with Gasteiger partial charge in [-0.05, 0) is 55.2 Å². The van der Waals surface area contributed by atoms with Crippen LogP contribution in [0.1, 0.15) is 39.2 Å². The number of rotatable bonds is 11. The molecule has 3 atom stereocenters. The Labute approximate surface area is 212 Å². The summed E-state index contributed by atoms with van der Waals surface area (Å²) in [5.74, 6) is -0.771. The maximum Gasteiger partial charge on any atom is 0.264 e. The monoisotopic (exact) mass is 530 g/mol. The van der Waals surface area contributed by atoms with Crippen LogP contribution in [0.3, 0.4) is 0 Å². The quantitative estimate of drug-likeness (QED) is 0.266. The first-order chi connectivity index (χ1) is 16.0. The van der Waals surface area contributed by atoms with Gasteiger partial charge in [-0.3, -0.25) is 4.18 Å². The maximum atomic E-state index is 12.1. The molecule has 9 heteroatoms. The zero-order chi connectivity index (χ0) is 24.9. The van der Waals surface area contributed by atoms with Gasteiger partial charge in [-0.1, -0.05) is 60.8 Å². The number of benzene rings is 2. The van der Waals surface area contributed by atoms with Gasteiger partial charge >= 0.3 is 0 Å². The first kappa shape index (κ1) is 27.4. The molecule has 0 unspecified atom stereocenters. The summed E-state index contributed by atoms with van der Waals surface area (Å²) in [6.45, 7) is 6.48. The molecule has 1 aliphatic heterocycles. The number of hydrogen-bond donors (Lipinski definition) is 0. The van der Waals surface area contributed by atoms with Crippen molar-refractivity contribution in [3.63, 3.8) is 0 Å². The zero-order valence-electron chi connectivity index (χ0n) is 19.9. The third-order valence-corrected chi connectivity index (χ3v) is 6.49. The predicted molar refractivity (Wildman–Crippen MR) is 135 cm³/mol. The van der Waals surface area contributed by atoms with Crippen LogP contribution in [0.4, 0.5) is 0 Å². The Morgan fingerprint density at radius 2 is 1.74 bits per heavy atom. The second-order valence-electron chi connectivity index (χ2n) is 8.95. The molecule has 0 spiro atoms. The molecule has 0 saturated carbocycles. The Hall–Kier alpha value is -1.19. The van der Waals surface area contributed by atoms with E-state index in [2.05, 4.69) is 6.92 Å². The van der Waals surface area contributed by atoms with Crippen molar-refractivity contribution in [2.45, 2.75) is 64.1 Å². The predicted octanol–water partition coefficient (Wildman–Crippen LogP) is 5.88. The van der Waals surface area contributed by atoms with Crippen LogP contribution in [0.2, 0.25) is 10.0 Å². The Morgan fingerprint density at radius 1 is 1.09 bits per heavy atom. The number of unbranched alkanes of at least 4 members (excludes halogenated alkanes) is 1. The van der Waals surface area contributed by atoms with Crippen LogP contribution in [0.25, 0.3) is 11.1 Å². The van der Waals surface area contributed by atoms with Crippen molar-refractivity contribution in [2.75, 3.05) is 19.5 Å². The van der Waals surface area contributed by atoms with E-state index in [9.17, 15) is 8.42 Å². The van der Waals surface area contributed by atoms with Crippen molar-refractivity contribution >= 4 is 33.3 Å². The normalized spacial score (nSPS) is 19.8. The lowest BCUT2D eigenvalue weighted by atomic mass is 9.98. The first-order valence-corrected chi connectivity index (χ1v) is 13.9. The van der Waals surface area contributed by atoms with Gasteiger partial charge in [-0.15, -0.1) is 0 Å². The smallest absolute Gasteiger partial charge is 0.264 e. The molecule has 0 aliphatic carbocycles. The third kappa shape index (κ3) is 8.19. The molecule has 1 heterocycles. The topological polar surface area (TPSA) is 71.1 Å². The van der Waals surface area contributed by atoms with Crippen LogP contribution >= 0.6 is 23.2 Å². The van der Waals surface area contributed by atoms with Gasteiger partial charge in [0.15, 0.2) is 5.79 Å². The lowest BCUT2D eigenvalue weighted by molar-refractivity contribution is -0.167. The summed E-state index contributed by atoms with van der Waals surface area (Å²) in [5, 5.41) is 1.11. The summed E-state index contributed by atoms with van der Waals surface area (Å²) in [7, 11) is -3.74. The van der Waals surface area contributed by atoms with Crippen LogP contribution < -0.4 is 0 Å². The standard InChI is InChI=1S/C25H32Cl2O6S/c1-5-6-11-30-24(23-16-31-25(2,3)32-23)22(33-34(4,28)29)12-17-7-9-18(10-8-17)19-13-20(26)15-21(27)14-19/h7-10,13-15,22-24H,5-6,11-12,16H2,1-4H3/t22-,23+,24+/m1/s1. The molecule has 0 bridgehead atoms. The molecule has 0 radical (unpaired) electrons. The Morgan fingerprint density at radius 3 is 2.26 bits per heavy atom. The van der Waals surface area contributed by atoms with Crippen LogP contribution in [0.15, 0.2) is 42.5 Å². The highest BCUT2D eigenvalue weighted by molar-refractivity contribution is 7.86. The minimum Gasteiger partial charge on any atom is -0.373 e. The molecule has 0 N–H and O–H groups in total. The Kier molecular flexibility index (Phi) is 9.43. The molecular weight excluding hydrogens is 499 g/mol. The van der Waals surface area contributed by atoms with Gasteiger partial charge in [0.05, 0.1) is 12.9 Å². The summed E-state index contributed by atoms with van der Waals surface area (Å²) >= 11 is 12.3. The van der Waals surface area contributed by atoms with Crippen LogP contribution in [-0.2, 0) is 34.9 Å². The number of halogens is 2. The summed E-state index contributed by atoms with van der Waals surface area (Å²) < 4.78 is 47.7. The van der Waals surface area contributed by atoms with Crippen molar-refractivity contribution in [3.8, 4) is 11.1 Å². The highest BCUT2D eigenvalue weighted by Gasteiger charge is 2.42. The molecule has 34 heavy (non-hydrogen) atoms. The summed E-state index contributed by atoms with van der Waals surface area (Å²) in [5.41, 5.74) is 2.74. The lowest BCUT2D eigenvalue weighted by Gasteiger charge is -2.31. The summed E-state index contributed by atoms with van der Waals surface area (Å²) in [6.07, 6.45) is 1.32. The average Bonchev–Trinajstić information content (AvgIpc) is 3.09. The Balaban J connectivity index is 1.85. The third-order valence-electron chi connectivity index (χ3n) is 5.46. The molecule has 3 rings (SSSR count). The van der Waals surface area contributed by atoms with Crippen LogP contribution in [0.5, 0.6) is 0 Å². The van der Waals surface area contributed by atoms with Crippen molar-refractivity contribution in [2.24, 2.45) is 0 Å². The molecular formula is C25H32Cl2O6S. The fourth-order valence-electron chi connectivity index (χ4n) is 3.91. The summed E-state index contributed by atoms with van der Waals surface area (Å²) in [4.78, 5) is 0.